The number of aliphatic imine (C=N–C) groups is 2. The van der Waals surface area contributed by atoms with E-state index >= 15 is 0 Å². The van der Waals surface area contributed by atoms with Gasteiger partial charge in [-0.3, -0.25) is 28.7 Å². The number of halogens is 2. The van der Waals surface area contributed by atoms with Gasteiger partial charge in [0.25, 0.3) is 0 Å². The van der Waals surface area contributed by atoms with E-state index in [0.717, 1.165) is 33.6 Å². The molecular formula is C52H58Cl2N10O9. The Kier molecular flexibility index (Phi) is 18.7. The lowest BCUT2D eigenvalue weighted by atomic mass is 10.00. The van der Waals surface area contributed by atoms with Crippen molar-refractivity contribution < 1.29 is 42.7 Å². The van der Waals surface area contributed by atoms with E-state index in [4.69, 9.17) is 66.3 Å². The molecule has 0 bridgehead atoms. The summed E-state index contributed by atoms with van der Waals surface area (Å²) in [5.41, 5.74) is 6.39. The Morgan fingerprint density at radius 3 is 1.22 bits per heavy atom. The summed E-state index contributed by atoms with van der Waals surface area (Å²) in [4.78, 5) is 36.7. The topological polar surface area (TPSA) is 209 Å². The third-order valence-electron chi connectivity index (χ3n) is 11.9. The van der Waals surface area contributed by atoms with E-state index in [2.05, 4.69) is 31.0 Å². The molecule has 2 amide bonds. The van der Waals surface area contributed by atoms with Crippen molar-refractivity contribution in [2.75, 3.05) is 93.4 Å². The van der Waals surface area contributed by atoms with E-state index in [0.29, 0.717) is 135 Å². The van der Waals surface area contributed by atoms with Crippen molar-refractivity contribution in [3.05, 3.63) is 141 Å². The van der Waals surface area contributed by atoms with Crippen LogP contribution < -0.4 is 20.1 Å². The molecular weight excluding hydrogens is 980 g/mol. The van der Waals surface area contributed by atoms with Crippen LogP contribution in [0.4, 0.5) is 0 Å². The van der Waals surface area contributed by atoms with Gasteiger partial charge < -0.3 is 43.8 Å². The van der Waals surface area contributed by atoms with Gasteiger partial charge in [-0.25, -0.2) is 0 Å². The molecule has 0 spiro atoms. The first-order valence-corrected chi connectivity index (χ1v) is 24.7. The zero-order chi connectivity index (χ0) is 51.1. The molecule has 73 heavy (non-hydrogen) atoms. The van der Waals surface area contributed by atoms with E-state index in [1.54, 1.807) is 14.2 Å². The molecule has 0 unspecified atom stereocenters. The lowest BCUT2D eigenvalue weighted by Gasteiger charge is -2.14. The number of benzene rings is 4. The van der Waals surface area contributed by atoms with Crippen molar-refractivity contribution in [1.82, 2.24) is 40.2 Å². The zero-order valence-electron chi connectivity index (χ0n) is 41.1. The number of hydrogen-bond acceptors (Lipinski definition) is 15. The molecule has 0 radical (unpaired) electrons. The van der Waals surface area contributed by atoms with Crippen LogP contribution >= 0.6 is 23.2 Å². The molecule has 2 aliphatic heterocycles. The minimum Gasteiger partial charge on any atom is -0.497 e. The first kappa shape index (κ1) is 52.7. The van der Waals surface area contributed by atoms with E-state index in [1.165, 1.54) is 0 Å². The van der Waals surface area contributed by atoms with Gasteiger partial charge in [0.15, 0.2) is 11.6 Å². The van der Waals surface area contributed by atoms with Crippen molar-refractivity contribution in [1.29, 1.82) is 0 Å². The maximum absolute atomic E-state index is 13.3. The Morgan fingerprint density at radius 2 is 0.863 bits per heavy atom. The Labute approximate surface area is 433 Å². The lowest BCUT2D eigenvalue weighted by molar-refractivity contribution is -0.122. The van der Waals surface area contributed by atoms with Crippen LogP contribution in [0.25, 0.3) is 11.4 Å². The number of amides is 2. The van der Waals surface area contributed by atoms with Crippen LogP contribution in [-0.4, -0.2) is 146 Å². The second-order valence-electron chi connectivity index (χ2n) is 16.8. The van der Waals surface area contributed by atoms with Crippen LogP contribution in [0.2, 0.25) is 10.0 Å². The summed E-state index contributed by atoms with van der Waals surface area (Å²) in [5.74, 6) is 3.43. The fourth-order valence-electron chi connectivity index (χ4n) is 8.36. The SMILES string of the molecule is COc1ccc2c(c1)C(c1ccc(Cl)cc1)=N[C@@H](CC(=O)NCCOCCOCCOCCOCCOCCNC(=O)C[C@@H]1N=C(c3ccc(Cl)cc3)c3cc(OC)ccc3-n3c(C)nnc31)c1nnc(C)n1-2. The average Bonchev–Trinajstić information content (AvgIpc) is 3.90. The number of hydrogen-bond donors (Lipinski definition) is 2. The van der Waals surface area contributed by atoms with Crippen molar-refractivity contribution >= 4 is 46.4 Å². The summed E-state index contributed by atoms with van der Waals surface area (Å²) in [6.45, 7) is 8.08. The minimum absolute atomic E-state index is 0.0532. The van der Waals surface area contributed by atoms with Crippen molar-refractivity contribution in [2.45, 2.75) is 38.8 Å². The van der Waals surface area contributed by atoms with Gasteiger partial charge in [-0.15, -0.1) is 20.4 Å². The predicted octanol–water partition coefficient (Wildman–Crippen LogP) is 6.37. The van der Waals surface area contributed by atoms with Crippen LogP contribution in [0.5, 0.6) is 11.5 Å². The summed E-state index contributed by atoms with van der Waals surface area (Å²) in [6, 6.07) is 25.2. The second-order valence-corrected chi connectivity index (χ2v) is 17.7. The number of nitrogens with one attached hydrogen (secondary N) is 2. The van der Waals surface area contributed by atoms with E-state index in [-0.39, 0.29) is 24.7 Å². The molecule has 4 heterocycles. The first-order chi connectivity index (χ1) is 35.6. The van der Waals surface area contributed by atoms with Gasteiger partial charge in [0.2, 0.25) is 11.8 Å². The summed E-state index contributed by atoms with van der Waals surface area (Å²) in [7, 11) is 3.23. The number of carbonyl (C=O) groups is 2. The fourth-order valence-corrected chi connectivity index (χ4v) is 8.61. The highest BCUT2D eigenvalue weighted by atomic mass is 35.5. The number of rotatable bonds is 26. The second kappa shape index (κ2) is 25.9. The molecule has 21 heteroatoms. The molecule has 2 aromatic heterocycles. The van der Waals surface area contributed by atoms with Gasteiger partial charge in [-0.1, -0.05) is 47.5 Å². The third-order valence-corrected chi connectivity index (χ3v) is 12.4. The van der Waals surface area contributed by atoms with Crippen LogP contribution in [0, 0.1) is 13.8 Å². The molecule has 6 aromatic rings. The van der Waals surface area contributed by atoms with E-state index < -0.39 is 12.1 Å². The number of aromatic nitrogens is 6. The molecule has 2 atom stereocenters. The fraction of sp³-hybridized carbons (Fsp3) is 0.385. The Bertz CT molecular complexity index is 2700. The molecule has 0 aliphatic carbocycles. The minimum atomic E-state index is -0.611. The predicted molar refractivity (Wildman–Crippen MR) is 274 cm³/mol. The summed E-state index contributed by atoms with van der Waals surface area (Å²) < 4.78 is 43.2. The lowest BCUT2D eigenvalue weighted by Crippen LogP contribution is -2.29. The van der Waals surface area contributed by atoms with E-state index in [9.17, 15) is 9.59 Å². The number of aryl methyl sites for hydroxylation is 2. The van der Waals surface area contributed by atoms with Crippen LogP contribution in [0.15, 0.2) is 94.9 Å². The summed E-state index contributed by atoms with van der Waals surface area (Å²) in [6.07, 6.45) is 0.106. The third kappa shape index (κ3) is 13.5. The maximum atomic E-state index is 13.3. The van der Waals surface area contributed by atoms with Crippen LogP contribution in [0.3, 0.4) is 0 Å². The van der Waals surface area contributed by atoms with Crippen LogP contribution in [-0.2, 0) is 33.3 Å². The standard InChI is InChI=1S/C52H58Cl2N10O9/c1-33-59-61-51-43(57-49(35-5-9-37(53)10-6-35)41-29-39(67-3)13-15-45(41)63(33)51)31-47(65)55-17-19-69-21-23-71-25-27-73-28-26-72-24-22-70-20-18-56-48(66)32-44-52-62-60-34(2)64(52)46-16-14-40(68-4)30-42(46)50(58-44)36-7-11-38(54)12-8-36/h5-16,29-30,43-44H,17-28,31-32H2,1-4H3,(H,55,65)(H,56,66)/t43-,44-/m0/s1. The average molecular weight is 1040 g/mol. The van der Waals surface area contributed by atoms with Gasteiger partial charge in [-0.2, -0.15) is 0 Å². The molecule has 0 saturated carbocycles. The number of ether oxygens (including phenoxy) is 7. The van der Waals surface area contributed by atoms with Gasteiger partial charge in [0.05, 0.1) is 116 Å². The van der Waals surface area contributed by atoms with Crippen molar-refractivity contribution in [3.63, 3.8) is 0 Å². The molecule has 2 N–H and O–H groups in total. The highest BCUT2D eigenvalue weighted by molar-refractivity contribution is 6.31. The van der Waals surface area contributed by atoms with E-state index in [1.807, 2.05) is 108 Å². The van der Waals surface area contributed by atoms with Crippen molar-refractivity contribution in [3.8, 4) is 22.9 Å². The number of fused-ring (bicyclic) bond motifs is 6. The number of nitrogens with zero attached hydrogens (tertiary/aromatic N) is 8. The van der Waals surface area contributed by atoms with Crippen LogP contribution in [0.1, 0.15) is 70.5 Å². The molecule has 0 fully saturated rings. The molecule has 8 rings (SSSR count). The van der Waals surface area contributed by atoms with Gasteiger partial charge >= 0.3 is 0 Å². The summed E-state index contributed by atoms with van der Waals surface area (Å²) in [5, 5.41) is 24.7. The highest BCUT2D eigenvalue weighted by Crippen LogP contribution is 2.36. The van der Waals surface area contributed by atoms with Gasteiger partial charge in [0.1, 0.15) is 35.2 Å². The maximum Gasteiger partial charge on any atom is 0.222 e. The first-order valence-electron chi connectivity index (χ1n) is 23.9. The van der Waals surface area contributed by atoms with Gasteiger partial charge in [-0.05, 0) is 74.5 Å². The number of carbonyl (C=O) groups excluding carboxylic acids is 2. The van der Waals surface area contributed by atoms with Gasteiger partial charge in [0, 0.05) is 45.4 Å². The largest absolute Gasteiger partial charge is 0.497 e. The Morgan fingerprint density at radius 1 is 0.507 bits per heavy atom. The zero-order valence-corrected chi connectivity index (χ0v) is 42.7. The molecule has 19 nitrogen and oxygen atoms in total. The normalized spacial score (nSPS) is 14.7. The monoisotopic (exact) mass is 1040 g/mol. The van der Waals surface area contributed by atoms with Crippen molar-refractivity contribution in [2.24, 2.45) is 9.98 Å². The molecule has 2 aliphatic rings. The molecule has 0 saturated heterocycles. The highest BCUT2D eigenvalue weighted by Gasteiger charge is 2.32. The molecule has 384 valence electrons. The number of methoxy groups -OCH3 is 2. The molecule has 4 aromatic carbocycles. The quantitative estimate of drug-likeness (QED) is 0.0567. The smallest absolute Gasteiger partial charge is 0.222 e. The summed E-state index contributed by atoms with van der Waals surface area (Å²) >= 11 is 12.4. The Hall–Kier alpha value is -6.58. The Balaban J connectivity index is 0.665.